The number of benzene rings is 1. The van der Waals surface area contributed by atoms with Gasteiger partial charge < -0.3 is 36.2 Å². The standard InChI is InChI=1S/C29H43N5O6/c1-6-11-34(20(16-35)13-19-15-31-23-10-8-7-9-21(19)23)29(40)24(12-17(2)3)32-28(39)26(18(4)5)33-27(38)22(30)14-25(36)37/h7-10,15-18,20,22,24,26,31H,6,11-14,30H2,1-5H3,(H,32,39)(H,33,38)(H,36,37)/t20-,22-,24+,26-/m1/s1. The second-order valence-electron chi connectivity index (χ2n) is 10.9. The number of amides is 3. The Morgan fingerprint density at radius 3 is 2.33 bits per heavy atom. The van der Waals surface area contributed by atoms with Gasteiger partial charge in [0.15, 0.2) is 0 Å². The topological polar surface area (TPSA) is 175 Å². The Balaban J connectivity index is 2.28. The number of para-hydroxylation sites is 1. The first-order valence-electron chi connectivity index (χ1n) is 13.8. The van der Waals surface area contributed by atoms with Crippen molar-refractivity contribution >= 4 is 40.9 Å². The van der Waals surface area contributed by atoms with Gasteiger partial charge in [0, 0.05) is 30.1 Å². The molecule has 0 bridgehead atoms. The van der Waals surface area contributed by atoms with Crippen LogP contribution in [0.3, 0.4) is 0 Å². The van der Waals surface area contributed by atoms with Crippen molar-refractivity contribution in [3.8, 4) is 0 Å². The maximum Gasteiger partial charge on any atom is 0.305 e. The molecule has 0 saturated carbocycles. The van der Waals surface area contributed by atoms with Crippen molar-refractivity contribution < 1.29 is 29.1 Å². The first kappa shape index (κ1) is 32.5. The van der Waals surface area contributed by atoms with Gasteiger partial charge in [-0.2, -0.15) is 0 Å². The van der Waals surface area contributed by atoms with E-state index >= 15 is 0 Å². The van der Waals surface area contributed by atoms with Crippen molar-refractivity contribution in [2.24, 2.45) is 17.6 Å². The summed E-state index contributed by atoms with van der Waals surface area (Å²) >= 11 is 0. The minimum atomic E-state index is -1.32. The molecular weight excluding hydrogens is 514 g/mol. The number of nitrogens with one attached hydrogen (secondary N) is 3. The largest absolute Gasteiger partial charge is 0.481 e. The first-order valence-corrected chi connectivity index (χ1v) is 13.8. The third-order valence-corrected chi connectivity index (χ3v) is 6.71. The number of carbonyl (C=O) groups excluding carboxylic acids is 4. The molecule has 1 aromatic carbocycles. The zero-order chi connectivity index (χ0) is 30.0. The lowest BCUT2D eigenvalue weighted by atomic mass is 9.98. The van der Waals surface area contributed by atoms with Gasteiger partial charge in [0.1, 0.15) is 18.4 Å². The van der Waals surface area contributed by atoms with Crippen LogP contribution in [-0.2, 0) is 30.4 Å². The van der Waals surface area contributed by atoms with Crippen LogP contribution in [0.5, 0.6) is 0 Å². The van der Waals surface area contributed by atoms with E-state index in [9.17, 15) is 24.0 Å². The second-order valence-corrected chi connectivity index (χ2v) is 10.9. The van der Waals surface area contributed by atoms with E-state index in [1.54, 1.807) is 13.8 Å². The summed E-state index contributed by atoms with van der Waals surface area (Å²) in [6, 6.07) is 3.69. The summed E-state index contributed by atoms with van der Waals surface area (Å²) in [6.07, 6.45) is 3.27. The quantitative estimate of drug-likeness (QED) is 0.196. The maximum absolute atomic E-state index is 13.9. The van der Waals surface area contributed by atoms with Crippen molar-refractivity contribution in [1.82, 2.24) is 20.5 Å². The second kappa shape index (κ2) is 15.2. The van der Waals surface area contributed by atoms with E-state index in [1.807, 2.05) is 51.2 Å². The fourth-order valence-corrected chi connectivity index (χ4v) is 4.67. The summed E-state index contributed by atoms with van der Waals surface area (Å²) in [4.78, 5) is 67.7. The molecule has 0 aliphatic carbocycles. The summed E-state index contributed by atoms with van der Waals surface area (Å²) in [5, 5.41) is 15.2. The number of carbonyl (C=O) groups is 5. The Morgan fingerprint density at radius 2 is 1.75 bits per heavy atom. The van der Waals surface area contributed by atoms with Crippen LogP contribution in [0.15, 0.2) is 30.5 Å². The minimum Gasteiger partial charge on any atom is -0.481 e. The smallest absolute Gasteiger partial charge is 0.305 e. The number of fused-ring (bicyclic) bond motifs is 1. The van der Waals surface area contributed by atoms with Crippen molar-refractivity contribution in [1.29, 1.82) is 0 Å². The molecular formula is C29H43N5O6. The van der Waals surface area contributed by atoms with Crippen LogP contribution in [0.2, 0.25) is 0 Å². The molecule has 0 spiro atoms. The lowest BCUT2D eigenvalue weighted by molar-refractivity contribution is -0.142. The highest BCUT2D eigenvalue weighted by Crippen LogP contribution is 2.21. The molecule has 3 amide bonds. The van der Waals surface area contributed by atoms with Gasteiger partial charge in [-0.05, 0) is 36.3 Å². The Morgan fingerprint density at radius 1 is 1.07 bits per heavy atom. The van der Waals surface area contributed by atoms with E-state index in [0.717, 1.165) is 22.8 Å². The Kier molecular flexibility index (Phi) is 12.3. The van der Waals surface area contributed by atoms with Crippen molar-refractivity contribution in [3.05, 3.63) is 36.0 Å². The van der Waals surface area contributed by atoms with Crippen LogP contribution in [-0.4, -0.2) is 75.7 Å². The Bertz CT molecular complexity index is 1180. The molecule has 0 aliphatic rings. The number of aliphatic carboxylic acids is 1. The third-order valence-electron chi connectivity index (χ3n) is 6.71. The van der Waals surface area contributed by atoms with E-state index in [1.165, 1.54) is 4.90 Å². The monoisotopic (exact) mass is 557 g/mol. The van der Waals surface area contributed by atoms with Gasteiger partial charge in [-0.1, -0.05) is 52.8 Å². The van der Waals surface area contributed by atoms with Crippen molar-refractivity contribution in [2.45, 2.75) is 84.5 Å². The molecule has 0 radical (unpaired) electrons. The summed E-state index contributed by atoms with van der Waals surface area (Å²) in [5.41, 5.74) is 7.52. The maximum atomic E-state index is 13.9. The predicted octanol–water partition coefficient (Wildman–Crippen LogP) is 1.99. The molecule has 0 fully saturated rings. The van der Waals surface area contributed by atoms with Gasteiger partial charge in [0.25, 0.3) is 0 Å². The molecule has 2 rings (SSSR count). The number of rotatable bonds is 16. The summed E-state index contributed by atoms with van der Waals surface area (Å²) < 4.78 is 0. The molecule has 1 heterocycles. The average molecular weight is 558 g/mol. The zero-order valence-electron chi connectivity index (χ0n) is 24.0. The summed E-state index contributed by atoms with van der Waals surface area (Å²) in [6.45, 7) is 9.52. The highest BCUT2D eigenvalue weighted by molar-refractivity contribution is 5.94. The predicted molar refractivity (Wildman–Crippen MR) is 152 cm³/mol. The number of aromatic nitrogens is 1. The number of carboxylic acid groups (broad SMARTS) is 1. The van der Waals surface area contributed by atoms with E-state index in [4.69, 9.17) is 10.8 Å². The van der Waals surface area contributed by atoms with Crippen LogP contribution in [0.4, 0.5) is 0 Å². The number of H-pyrrole nitrogens is 1. The third kappa shape index (κ3) is 8.90. The highest BCUT2D eigenvalue weighted by Gasteiger charge is 2.34. The van der Waals surface area contributed by atoms with E-state index in [0.29, 0.717) is 25.8 Å². The van der Waals surface area contributed by atoms with E-state index < -0.39 is 48.4 Å². The lowest BCUT2D eigenvalue weighted by Gasteiger charge is -2.33. The fraction of sp³-hybridized carbons (Fsp3) is 0.552. The number of hydrogen-bond acceptors (Lipinski definition) is 6. The molecule has 1 aromatic heterocycles. The first-order chi connectivity index (χ1) is 18.9. The van der Waals surface area contributed by atoms with Gasteiger partial charge in [-0.3, -0.25) is 19.2 Å². The number of nitrogens with two attached hydrogens (primary N) is 1. The molecule has 0 unspecified atom stereocenters. The molecule has 40 heavy (non-hydrogen) atoms. The number of hydrogen-bond donors (Lipinski definition) is 5. The van der Waals surface area contributed by atoms with Gasteiger partial charge in [-0.15, -0.1) is 0 Å². The number of nitrogens with zero attached hydrogens (tertiary/aromatic N) is 1. The highest BCUT2D eigenvalue weighted by atomic mass is 16.4. The fourth-order valence-electron chi connectivity index (χ4n) is 4.67. The molecule has 2 aromatic rings. The van der Waals surface area contributed by atoms with Gasteiger partial charge in [-0.25, -0.2) is 0 Å². The molecule has 11 nitrogen and oxygen atoms in total. The Hall–Kier alpha value is -3.73. The molecule has 6 N–H and O–H groups in total. The molecule has 0 saturated heterocycles. The molecule has 11 heteroatoms. The minimum absolute atomic E-state index is 0.0390. The molecule has 4 atom stereocenters. The van der Waals surface area contributed by atoms with E-state index in [2.05, 4.69) is 15.6 Å². The molecule has 220 valence electrons. The van der Waals surface area contributed by atoms with Crippen LogP contribution in [0.1, 0.15) is 59.4 Å². The van der Waals surface area contributed by atoms with Crippen molar-refractivity contribution in [3.63, 3.8) is 0 Å². The number of aldehydes is 1. The zero-order valence-corrected chi connectivity index (χ0v) is 24.0. The number of aromatic amines is 1. The van der Waals surface area contributed by atoms with Gasteiger partial charge in [0.2, 0.25) is 17.7 Å². The summed E-state index contributed by atoms with van der Waals surface area (Å²) in [5.74, 6) is -3.29. The van der Waals surface area contributed by atoms with Gasteiger partial charge in [0.05, 0.1) is 18.5 Å². The van der Waals surface area contributed by atoms with Crippen LogP contribution in [0.25, 0.3) is 10.9 Å². The number of carboxylic acids is 1. The molecule has 0 aliphatic heterocycles. The SMILES string of the molecule is CCCN(C(=O)[C@H](CC(C)C)NC(=O)[C@H](NC(=O)[C@H](N)CC(=O)O)C(C)C)[C@@H](C=O)Cc1c[nH]c2ccccc12. The van der Waals surface area contributed by atoms with Crippen molar-refractivity contribution in [2.75, 3.05) is 6.54 Å². The lowest BCUT2D eigenvalue weighted by Crippen LogP contribution is -2.59. The summed E-state index contributed by atoms with van der Waals surface area (Å²) in [7, 11) is 0. The van der Waals surface area contributed by atoms with Crippen LogP contribution in [0, 0.1) is 11.8 Å². The van der Waals surface area contributed by atoms with E-state index in [-0.39, 0.29) is 17.7 Å². The van der Waals surface area contributed by atoms with Crippen LogP contribution < -0.4 is 16.4 Å². The normalized spacial score (nSPS) is 14.4. The Labute approximate surface area is 235 Å². The average Bonchev–Trinajstić information content (AvgIpc) is 3.30. The van der Waals surface area contributed by atoms with Gasteiger partial charge >= 0.3 is 5.97 Å². The van der Waals surface area contributed by atoms with Crippen LogP contribution >= 0.6 is 0 Å².